The number of anilines is 1. The van der Waals surface area contributed by atoms with E-state index in [0.717, 1.165) is 4.90 Å². The van der Waals surface area contributed by atoms with Crippen LogP contribution in [-0.2, 0) is 10.0 Å². The molecule has 0 amide bonds. The van der Waals surface area contributed by atoms with Gasteiger partial charge in [-0.15, -0.1) is 0 Å². The molecule has 0 aliphatic carbocycles. The van der Waals surface area contributed by atoms with Crippen LogP contribution in [0.5, 0.6) is 0 Å². The predicted molar refractivity (Wildman–Crippen MR) is 93.8 cm³/mol. The fourth-order valence-electron chi connectivity index (χ4n) is 2.10. The average molecular weight is 367 g/mol. The number of rotatable bonds is 6. The van der Waals surface area contributed by atoms with Crippen molar-refractivity contribution < 1.29 is 13.3 Å². The molecule has 0 heterocycles. The van der Waals surface area contributed by atoms with Crippen LogP contribution >= 0.6 is 11.8 Å². The Morgan fingerprint density at radius 2 is 1.79 bits per heavy atom. The summed E-state index contributed by atoms with van der Waals surface area (Å²) in [4.78, 5) is 11.9. The number of nitrogens with one attached hydrogen (secondary N) is 1. The lowest BCUT2D eigenvalue weighted by Crippen LogP contribution is -2.19. The standard InChI is InChI=1S/C15H17N3O4S2/c1-10(2)17-14-13(24(16,21)22)9-8-12(15(14)18(19)20)23-11-6-4-3-5-7-11/h3-10,17H,1-2H3,(H2,16,21,22). The second-order valence-electron chi connectivity index (χ2n) is 5.30. The lowest BCUT2D eigenvalue weighted by atomic mass is 10.2. The molecule has 7 nitrogen and oxygen atoms in total. The van der Waals surface area contributed by atoms with E-state index in [-0.39, 0.29) is 22.3 Å². The molecular weight excluding hydrogens is 350 g/mol. The SMILES string of the molecule is CC(C)Nc1c(S(N)(=O)=O)ccc(Sc2ccccc2)c1[N+](=O)[O-]. The number of nitrogens with zero attached hydrogens (tertiary/aromatic N) is 1. The Morgan fingerprint density at radius 1 is 1.17 bits per heavy atom. The van der Waals surface area contributed by atoms with Crippen molar-refractivity contribution in [1.82, 2.24) is 0 Å². The van der Waals surface area contributed by atoms with Crippen molar-refractivity contribution in [2.75, 3.05) is 5.32 Å². The van der Waals surface area contributed by atoms with Gasteiger partial charge in [0.1, 0.15) is 10.6 Å². The van der Waals surface area contributed by atoms with Crippen molar-refractivity contribution in [2.24, 2.45) is 5.14 Å². The molecule has 0 spiro atoms. The summed E-state index contributed by atoms with van der Waals surface area (Å²) < 4.78 is 23.6. The topological polar surface area (TPSA) is 115 Å². The molecule has 2 rings (SSSR count). The Labute approximate surface area is 144 Å². The summed E-state index contributed by atoms with van der Waals surface area (Å²) in [6.45, 7) is 3.52. The van der Waals surface area contributed by atoms with E-state index >= 15 is 0 Å². The summed E-state index contributed by atoms with van der Waals surface area (Å²) in [5.74, 6) is 0. The molecule has 0 atom stereocenters. The van der Waals surface area contributed by atoms with Crippen LogP contribution < -0.4 is 10.5 Å². The van der Waals surface area contributed by atoms with E-state index in [1.54, 1.807) is 13.8 Å². The van der Waals surface area contributed by atoms with Gasteiger partial charge in [-0.25, -0.2) is 13.6 Å². The van der Waals surface area contributed by atoms with Crippen molar-refractivity contribution in [2.45, 2.75) is 34.6 Å². The molecule has 24 heavy (non-hydrogen) atoms. The zero-order chi connectivity index (χ0) is 17.9. The van der Waals surface area contributed by atoms with Gasteiger partial charge in [0.25, 0.3) is 0 Å². The average Bonchev–Trinajstić information content (AvgIpc) is 2.46. The van der Waals surface area contributed by atoms with E-state index in [9.17, 15) is 18.5 Å². The number of primary sulfonamides is 1. The lowest BCUT2D eigenvalue weighted by Gasteiger charge is -2.16. The monoisotopic (exact) mass is 367 g/mol. The second-order valence-corrected chi connectivity index (χ2v) is 7.95. The van der Waals surface area contributed by atoms with Crippen LogP contribution in [0.4, 0.5) is 11.4 Å². The third-order valence-corrected chi connectivity index (χ3v) is 5.01. The Kier molecular flexibility index (Phi) is 5.47. The highest BCUT2D eigenvalue weighted by atomic mass is 32.2. The van der Waals surface area contributed by atoms with Crippen molar-refractivity contribution >= 4 is 33.2 Å². The Balaban J connectivity index is 2.66. The van der Waals surface area contributed by atoms with Crippen molar-refractivity contribution in [3.05, 3.63) is 52.6 Å². The Morgan fingerprint density at radius 3 is 2.29 bits per heavy atom. The molecule has 2 aromatic rings. The van der Waals surface area contributed by atoms with E-state index in [4.69, 9.17) is 5.14 Å². The molecule has 9 heteroatoms. The van der Waals surface area contributed by atoms with Crippen molar-refractivity contribution in [3.8, 4) is 0 Å². The summed E-state index contributed by atoms with van der Waals surface area (Å²) in [6.07, 6.45) is 0. The Bertz CT molecular complexity index is 853. The first-order valence-corrected chi connectivity index (χ1v) is 9.40. The van der Waals surface area contributed by atoms with Gasteiger partial charge < -0.3 is 5.32 Å². The number of nitro groups is 1. The van der Waals surface area contributed by atoms with Crippen LogP contribution in [0.1, 0.15) is 13.8 Å². The minimum atomic E-state index is -4.10. The quantitative estimate of drug-likeness (QED) is 0.598. The highest BCUT2D eigenvalue weighted by Crippen LogP contribution is 2.42. The first kappa shape index (κ1) is 18.2. The van der Waals surface area contributed by atoms with Crippen molar-refractivity contribution in [3.63, 3.8) is 0 Å². The molecule has 0 saturated heterocycles. The Hall–Kier alpha value is -2.10. The molecule has 0 bridgehead atoms. The number of nitro benzene ring substituents is 1. The van der Waals surface area contributed by atoms with Gasteiger partial charge in [-0.3, -0.25) is 10.1 Å². The van der Waals surface area contributed by atoms with Gasteiger partial charge in [-0.05, 0) is 38.1 Å². The summed E-state index contributed by atoms with van der Waals surface area (Å²) >= 11 is 1.19. The minimum absolute atomic E-state index is 0.0848. The summed E-state index contributed by atoms with van der Waals surface area (Å²) in [7, 11) is -4.10. The van der Waals surface area contributed by atoms with Gasteiger partial charge in [0, 0.05) is 10.9 Å². The van der Waals surface area contributed by atoms with Gasteiger partial charge in [0.05, 0.1) is 9.82 Å². The maximum atomic E-state index is 11.8. The highest BCUT2D eigenvalue weighted by Gasteiger charge is 2.28. The van der Waals surface area contributed by atoms with Gasteiger partial charge >= 0.3 is 5.69 Å². The van der Waals surface area contributed by atoms with Crippen molar-refractivity contribution in [1.29, 1.82) is 0 Å². The molecule has 0 saturated carbocycles. The molecule has 0 unspecified atom stereocenters. The fourth-order valence-corrected chi connectivity index (χ4v) is 3.75. The third kappa shape index (κ3) is 4.25. The third-order valence-electron chi connectivity index (χ3n) is 3.00. The molecule has 0 aromatic heterocycles. The van der Waals surface area contributed by atoms with Gasteiger partial charge in [0.2, 0.25) is 10.0 Å². The molecule has 3 N–H and O–H groups in total. The summed E-state index contributed by atoms with van der Waals surface area (Å²) in [5, 5.41) is 19.7. The molecule has 128 valence electrons. The van der Waals surface area contributed by atoms with E-state index in [1.165, 1.54) is 23.9 Å². The van der Waals surface area contributed by atoms with Crippen LogP contribution in [0, 0.1) is 10.1 Å². The summed E-state index contributed by atoms with van der Waals surface area (Å²) in [6, 6.07) is 11.6. The van der Waals surface area contributed by atoms with E-state index in [0.29, 0.717) is 4.90 Å². The molecule has 0 aliphatic rings. The zero-order valence-electron chi connectivity index (χ0n) is 13.1. The number of benzene rings is 2. The van der Waals surface area contributed by atoms with Crippen LogP contribution in [0.2, 0.25) is 0 Å². The smallest absolute Gasteiger partial charge is 0.307 e. The largest absolute Gasteiger partial charge is 0.376 e. The first-order valence-electron chi connectivity index (χ1n) is 7.03. The maximum absolute atomic E-state index is 11.8. The van der Waals surface area contributed by atoms with Crippen LogP contribution in [0.3, 0.4) is 0 Å². The first-order chi connectivity index (χ1) is 11.2. The highest BCUT2D eigenvalue weighted by molar-refractivity contribution is 7.99. The number of hydrogen-bond donors (Lipinski definition) is 2. The zero-order valence-corrected chi connectivity index (χ0v) is 14.7. The maximum Gasteiger partial charge on any atom is 0.307 e. The van der Waals surface area contributed by atoms with E-state index < -0.39 is 14.9 Å². The number of hydrogen-bond acceptors (Lipinski definition) is 6. The summed E-state index contributed by atoms with van der Waals surface area (Å²) in [5.41, 5.74) is -0.387. The normalized spacial score (nSPS) is 11.5. The lowest BCUT2D eigenvalue weighted by molar-refractivity contribution is -0.387. The number of sulfonamides is 1. The van der Waals surface area contributed by atoms with Crippen LogP contribution in [-0.4, -0.2) is 19.4 Å². The van der Waals surface area contributed by atoms with E-state index in [2.05, 4.69) is 5.32 Å². The molecular formula is C15H17N3O4S2. The fraction of sp³-hybridized carbons (Fsp3) is 0.200. The van der Waals surface area contributed by atoms with Crippen LogP contribution in [0.25, 0.3) is 0 Å². The second kappa shape index (κ2) is 7.20. The van der Waals surface area contributed by atoms with E-state index in [1.807, 2.05) is 30.3 Å². The molecule has 0 aliphatic heterocycles. The molecule has 0 fully saturated rings. The van der Waals surface area contributed by atoms with Crippen LogP contribution in [0.15, 0.2) is 57.2 Å². The van der Waals surface area contributed by atoms with Gasteiger partial charge in [-0.2, -0.15) is 0 Å². The molecule has 0 radical (unpaired) electrons. The van der Waals surface area contributed by atoms with Gasteiger partial charge in [-0.1, -0.05) is 30.0 Å². The van der Waals surface area contributed by atoms with Gasteiger partial charge in [0.15, 0.2) is 0 Å². The molecule has 2 aromatic carbocycles. The predicted octanol–water partition coefficient (Wildman–Crippen LogP) is 3.21. The minimum Gasteiger partial charge on any atom is -0.376 e. The number of nitrogens with two attached hydrogens (primary N) is 1.